The van der Waals surface area contributed by atoms with Crippen molar-refractivity contribution in [3.63, 3.8) is 0 Å². The Morgan fingerprint density at radius 3 is 2.71 bits per heavy atom. The van der Waals surface area contributed by atoms with Crippen LogP contribution in [0.5, 0.6) is 0 Å². The summed E-state index contributed by atoms with van der Waals surface area (Å²) in [5.74, 6) is 2.02. The summed E-state index contributed by atoms with van der Waals surface area (Å²) in [6, 6.07) is 8.35. The van der Waals surface area contributed by atoms with Crippen LogP contribution in [0, 0.1) is 0 Å². The lowest BCUT2D eigenvalue weighted by atomic mass is 10.0. The van der Waals surface area contributed by atoms with E-state index in [0.29, 0.717) is 0 Å². The number of nitrogens with two attached hydrogens (primary N) is 1. The molecule has 3 heteroatoms. The van der Waals surface area contributed by atoms with E-state index in [4.69, 9.17) is 10.5 Å². The first-order valence-electron chi connectivity index (χ1n) is 6.12. The van der Waals surface area contributed by atoms with Crippen LogP contribution >= 0.6 is 11.8 Å². The number of allylic oxidation sites excluding steroid dienone is 1. The Morgan fingerprint density at radius 2 is 2.12 bits per heavy atom. The van der Waals surface area contributed by atoms with Crippen molar-refractivity contribution < 1.29 is 4.74 Å². The zero-order valence-electron chi connectivity index (χ0n) is 10.2. The molecule has 1 aliphatic heterocycles. The molecule has 0 bridgehead atoms. The molecule has 2 rings (SSSR count). The van der Waals surface area contributed by atoms with Crippen molar-refractivity contribution in [1.29, 1.82) is 0 Å². The molecule has 0 amide bonds. The lowest BCUT2D eigenvalue weighted by Crippen LogP contribution is -2.17. The molecular weight excluding hydrogens is 230 g/mol. The Balaban J connectivity index is 2.08. The fourth-order valence-corrected chi connectivity index (χ4v) is 2.56. The van der Waals surface area contributed by atoms with Crippen molar-refractivity contribution in [2.75, 3.05) is 12.4 Å². The third kappa shape index (κ3) is 3.27. The van der Waals surface area contributed by atoms with Gasteiger partial charge in [-0.05, 0) is 42.4 Å². The second kappa shape index (κ2) is 6.12. The van der Waals surface area contributed by atoms with Crippen molar-refractivity contribution in [2.24, 2.45) is 5.73 Å². The highest BCUT2D eigenvalue weighted by Gasteiger charge is 2.15. The molecule has 0 aromatic heterocycles. The first-order valence-corrected chi connectivity index (χ1v) is 7.11. The van der Waals surface area contributed by atoms with Crippen LogP contribution in [0.4, 0.5) is 0 Å². The van der Waals surface area contributed by atoms with Crippen LogP contribution < -0.4 is 5.73 Å². The van der Waals surface area contributed by atoms with Gasteiger partial charge in [-0.2, -0.15) is 0 Å². The normalized spacial score (nSPS) is 17.2. The van der Waals surface area contributed by atoms with Crippen LogP contribution in [0.1, 0.15) is 31.4 Å². The van der Waals surface area contributed by atoms with E-state index in [0.717, 1.165) is 36.5 Å². The third-order valence-electron chi connectivity index (χ3n) is 2.82. The summed E-state index contributed by atoms with van der Waals surface area (Å²) in [5, 5.41) is 0. The van der Waals surface area contributed by atoms with E-state index < -0.39 is 0 Å². The molecular formula is C14H19NOS. The maximum absolute atomic E-state index is 6.19. The minimum atomic E-state index is -0.115. The number of thioether (sulfide) groups is 1. The highest BCUT2D eigenvalue weighted by Crippen LogP contribution is 2.26. The van der Waals surface area contributed by atoms with Crippen LogP contribution in [-0.4, -0.2) is 12.4 Å². The largest absolute Gasteiger partial charge is 0.496 e. The number of ether oxygens (including phenoxy) is 1. The number of rotatable bonds is 4. The van der Waals surface area contributed by atoms with Crippen molar-refractivity contribution in [3.05, 3.63) is 41.7 Å². The molecule has 1 heterocycles. The van der Waals surface area contributed by atoms with Crippen LogP contribution in [0.3, 0.4) is 0 Å². The molecule has 0 spiro atoms. The van der Waals surface area contributed by atoms with Crippen molar-refractivity contribution in [1.82, 2.24) is 0 Å². The van der Waals surface area contributed by atoms with Gasteiger partial charge in [-0.25, -0.2) is 0 Å². The second-order valence-electron chi connectivity index (χ2n) is 4.08. The summed E-state index contributed by atoms with van der Waals surface area (Å²) in [6.07, 6.45) is 4.29. The van der Waals surface area contributed by atoms with Crippen molar-refractivity contribution in [2.45, 2.75) is 30.7 Å². The third-order valence-corrected chi connectivity index (χ3v) is 3.71. The van der Waals surface area contributed by atoms with Gasteiger partial charge in [0.05, 0.1) is 12.6 Å². The first-order chi connectivity index (χ1) is 8.31. The van der Waals surface area contributed by atoms with Crippen LogP contribution in [0.2, 0.25) is 0 Å². The van der Waals surface area contributed by atoms with Gasteiger partial charge in [-0.1, -0.05) is 19.1 Å². The van der Waals surface area contributed by atoms with Gasteiger partial charge in [-0.3, -0.25) is 0 Å². The molecule has 2 nitrogen and oxygen atoms in total. The molecule has 0 saturated carbocycles. The van der Waals surface area contributed by atoms with E-state index >= 15 is 0 Å². The van der Waals surface area contributed by atoms with Crippen LogP contribution in [0.15, 0.2) is 41.0 Å². The highest BCUT2D eigenvalue weighted by atomic mass is 32.2. The zero-order chi connectivity index (χ0) is 12.1. The van der Waals surface area contributed by atoms with E-state index in [9.17, 15) is 0 Å². The van der Waals surface area contributed by atoms with E-state index in [1.807, 2.05) is 11.8 Å². The molecule has 1 unspecified atom stereocenters. The van der Waals surface area contributed by atoms with Gasteiger partial charge >= 0.3 is 0 Å². The molecule has 1 aromatic carbocycles. The highest BCUT2D eigenvalue weighted by molar-refractivity contribution is 7.99. The molecule has 0 aliphatic carbocycles. The molecule has 0 radical (unpaired) electrons. The van der Waals surface area contributed by atoms with E-state index in [-0.39, 0.29) is 6.04 Å². The van der Waals surface area contributed by atoms with Gasteiger partial charge in [0.25, 0.3) is 0 Å². The molecule has 0 fully saturated rings. The Hall–Kier alpha value is -0.930. The Bertz CT molecular complexity index is 386. The van der Waals surface area contributed by atoms with Gasteiger partial charge in [0.15, 0.2) is 0 Å². The zero-order valence-corrected chi connectivity index (χ0v) is 11.0. The number of hydrogen-bond acceptors (Lipinski definition) is 3. The maximum atomic E-state index is 6.19. The minimum absolute atomic E-state index is 0.115. The summed E-state index contributed by atoms with van der Waals surface area (Å²) < 4.78 is 5.60. The molecule has 1 atom stereocenters. The van der Waals surface area contributed by atoms with E-state index in [1.54, 1.807) is 0 Å². The quantitative estimate of drug-likeness (QED) is 0.830. The Labute approximate surface area is 107 Å². The molecule has 1 aromatic rings. The number of benzene rings is 1. The second-order valence-corrected chi connectivity index (χ2v) is 5.41. The lowest BCUT2D eigenvalue weighted by Gasteiger charge is -2.21. The van der Waals surface area contributed by atoms with Crippen molar-refractivity contribution in [3.8, 4) is 0 Å². The maximum Gasteiger partial charge on any atom is 0.113 e. The Kier molecular flexibility index (Phi) is 4.51. The summed E-state index contributed by atoms with van der Waals surface area (Å²) in [7, 11) is 0. The number of hydrogen-bond donors (Lipinski definition) is 1. The standard InChI is InChI=1S/C14H19NOS/c1-2-17-12-8-6-11(7-9-12)14(15)13-5-3-4-10-16-13/h5-9,14H,2-4,10,15H2,1H3. The fraction of sp³-hybridized carbons (Fsp3) is 0.429. The fourth-order valence-electron chi connectivity index (χ4n) is 1.90. The molecule has 17 heavy (non-hydrogen) atoms. The van der Waals surface area contributed by atoms with Gasteiger partial charge in [-0.15, -0.1) is 11.8 Å². The van der Waals surface area contributed by atoms with Gasteiger partial charge < -0.3 is 10.5 Å². The van der Waals surface area contributed by atoms with Crippen LogP contribution in [-0.2, 0) is 4.74 Å². The van der Waals surface area contributed by atoms with Crippen LogP contribution in [0.25, 0.3) is 0 Å². The average Bonchev–Trinajstić information content (AvgIpc) is 2.40. The summed E-state index contributed by atoms with van der Waals surface area (Å²) >= 11 is 1.84. The smallest absolute Gasteiger partial charge is 0.113 e. The molecule has 2 N–H and O–H groups in total. The monoisotopic (exact) mass is 249 g/mol. The first kappa shape index (κ1) is 12.5. The molecule has 1 aliphatic rings. The van der Waals surface area contributed by atoms with E-state index in [1.165, 1.54) is 4.90 Å². The SMILES string of the molecule is CCSc1ccc(C(N)C2=CCCCO2)cc1. The minimum Gasteiger partial charge on any atom is -0.496 e. The summed E-state index contributed by atoms with van der Waals surface area (Å²) in [4.78, 5) is 1.29. The van der Waals surface area contributed by atoms with Gasteiger partial charge in [0.2, 0.25) is 0 Å². The van der Waals surface area contributed by atoms with Gasteiger partial charge in [0.1, 0.15) is 5.76 Å². The summed E-state index contributed by atoms with van der Waals surface area (Å²) in [5.41, 5.74) is 7.32. The Morgan fingerprint density at radius 1 is 1.35 bits per heavy atom. The lowest BCUT2D eigenvalue weighted by molar-refractivity contribution is 0.176. The topological polar surface area (TPSA) is 35.2 Å². The predicted octanol–water partition coefficient (Wildman–Crippen LogP) is 3.49. The molecule has 92 valence electrons. The van der Waals surface area contributed by atoms with Crippen molar-refractivity contribution >= 4 is 11.8 Å². The van der Waals surface area contributed by atoms with Gasteiger partial charge in [0, 0.05) is 4.90 Å². The predicted molar refractivity (Wildman–Crippen MR) is 73.0 cm³/mol. The average molecular weight is 249 g/mol. The van der Waals surface area contributed by atoms with E-state index in [2.05, 4.69) is 37.3 Å². The molecule has 0 saturated heterocycles. The summed E-state index contributed by atoms with van der Waals surface area (Å²) in [6.45, 7) is 2.95.